The fourth-order valence-corrected chi connectivity index (χ4v) is 3.91. The number of anilines is 4. The lowest BCUT2D eigenvalue weighted by atomic mass is 10.2. The van der Waals surface area contributed by atoms with Crippen molar-refractivity contribution in [1.82, 2.24) is 0 Å². The largest absolute Gasteiger partial charge is 0.383 e. The molecule has 3 aromatic rings. The summed E-state index contributed by atoms with van der Waals surface area (Å²) in [6.07, 6.45) is 2.02. The van der Waals surface area contributed by atoms with Crippen LogP contribution in [0.4, 0.5) is 22.7 Å². The van der Waals surface area contributed by atoms with Crippen molar-refractivity contribution >= 4 is 51.7 Å². The lowest BCUT2D eigenvalue weighted by Gasteiger charge is -2.14. The Morgan fingerprint density at radius 2 is 1.58 bits per heavy atom. The van der Waals surface area contributed by atoms with E-state index in [1.807, 2.05) is 66.9 Å². The molecule has 0 spiro atoms. The molecule has 0 saturated carbocycles. The zero-order valence-electron chi connectivity index (χ0n) is 13.2. The molecule has 0 fully saturated rings. The Morgan fingerprint density at radius 1 is 0.958 bits per heavy atom. The van der Waals surface area contributed by atoms with Crippen molar-refractivity contribution in [2.45, 2.75) is 4.21 Å². The molecule has 122 valence electrons. The number of hydrogen-bond acceptors (Lipinski definition) is 5. The Bertz CT molecular complexity index is 843. The molecule has 0 radical (unpaired) electrons. The third-order valence-electron chi connectivity index (χ3n) is 3.40. The normalized spacial score (nSPS) is 10.4. The highest BCUT2D eigenvalue weighted by molar-refractivity contribution is 8.00. The van der Waals surface area contributed by atoms with Crippen LogP contribution in [0, 0.1) is 5.41 Å². The van der Waals surface area contributed by atoms with Crippen LogP contribution in [0.1, 0.15) is 4.88 Å². The molecule has 0 atom stereocenters. The van der Waals surface area contributed by atoms with E-state index in [2.05, 4.69) is 10.6 Å². The summed E-state index contributed by atoms with van der Waals surface area (Å²) >= 11 is 3.17. The molecule has 0 amide bonds. The lowest BCUT2D eigenvalue weighted by molar-refractivity contribution is 1.45. The summed E-state index contributed by atoms with van der Waals surface area (Å²) in [5.74, 6) is 0.0963. The molecular weight excluding hydrogens is 336 g/mol. The van der Waals surface area contributed by atoms with Crippen molar-refractivity contribution in [3.63, 3.8) is 0 Å². The van der Waals surface area contributed by atoms with Crippen LogP contribution in [0.25, 0.3) is 0 Å². The molecule has 24 heavy (non-hydrogen) atoms. The van der Waals surface area contributed by atoms with Gasteiger partial charge in [0.15, 0.2) is 0 Å². The molecular formula is C18H18N4S2. The number of para-hydroxylation sites is 3. The first-order valence-corrected chi connectivity index (χ1v) is 9.42. The molecule has 0 aliphatic carbocycles. The highest BCUT2D eigenvalue weighted by atomic mass is 32.2. The maximum atomic E-state index is 7.63. The minimum atomic E-state index is 0.0963. The average Bonchev–Trinajstić information content (AvgIpc) is 3.01. The van der Waals surface area contributed by atoms with Crippen LogP contribution in [0.2, 0.25) is 0 Å². The molecule has 0 aliphatic heterocycles. The van der Waals surface area contributed by atoms with Gasteiger partial charge in [-0.3, -0.25) is 5.41 Å². The molecule has 0 unspecified atom stereocenters. The SMILES string of the molecule is CSc1sc(C(=N)N)cc1Nc1ccccc1Nc1ccccc1. The Hall–Kier alpha value is -2.44. The third-order valence-corrected chi connectivity index (χ3v) is 5.70. The highest BCUT2D eigenvalue weighted by Crippen LogP contribution is 2.38. The summed E-state index contributed by atoms with van der Waals surface area (Å²) < 4.78 is 1.11. The Kier molecular flexibility index (Phi) is 5.08. The van der Waals surface area contributed by atoms with Crippen LogP contribution in [-0.2, 0) is 0 Å². The summed E-state index contributed by atoms with van der Waals surface area (Å²) in [6.45, 7) is 0. The van der Waals surface area contributed by atoms with Gasteiger partial charge in [-0.1, -0.05) is 30.3 Å². The maximum absolute atomic E-state index is 7.63. The van der Waals surface area contributed by atoms with Crippen molar-refractivity contribution in [1.29, 1.82) is 5.41 Å². The van der Waals surface area contributed by atoms with Crippen molar-refractivity contribution in [3.05, 3.63) is 65.5 Å². The van der Waals surface area contributed by atoms with Gasteiger partial charge < -0.3 is 16.4 Å². The Morgan fingerprint density at radius 3 is 2.21 bits per heavy atom. The van der Waals surface area contributed by atoms with E-state index in [9.17, 15) is 0 Å². The number of nitrogens with one attached hydrogen (secondary N) is 3. The molecule has 4 nitrogen and oxygen atoms in total. The minimum absolute atomic E-state index is 0.0963. The fourth-order valence-electron chi connectivity index (χ4n) is 2.27. The van der Waals surface area contributed by atoms with E-state index in [1.165, 1.54) is 11.3 Å². The van der Waals surface area contributed by atoms with Crippen LogP contribution in [0.5, 0.6) is 0 Å². The van der Waals surface area contributed by atoms with Crippen LogP contribution in [0.15, 0.2) is 64.9 Å². The van der Waals surface area contributed by atoms with Crippen LogP contribution < -0.4 is 16.4 Å². The van der Waals surface area contributed by atoms with E-state index >= 15 is 0 Å². The van der Waals surface area contributed by atoms with Gasteiger partial charge in [0.2, 0.25) is 0 Å². The number of nitrogen functional groups attached to an aromatic ring is 1. The molecule has 2 aromatic carbocycles. The zero-order valence-corrected chi connectivity index (χ0v) is 14.8. The topological polar surface area (TPSA) is 73.9 Å². The quantitative estimate of drug-likeness (QED) is 0.277. The van der Waals surface area contributed by atoms with E-state index in [1.54, 1.807) is 11.8 Å². The van der Waals surface area contributed by atoms with E-state index in [-0.39, 0.29) is 5.84 Å². The summed E-state index contributed by atoms with van der Waals surface area (Å²) in [7, 11) is 0. The van der Waals surface area contributed by atoms with E-state index < -0.39 is 0 Å². The second-order valence-electron chi connectivity index (χ2n) is 5.09. The molecule has 3 rings (SSSR count). The number of amidine groups is 1. The second-order valence-corrected chi connectivity index (χ2v) is 7.22. The van der Waals surface area contributed by atoms with Gasteiger partial charge in [0, 0.05) is 5.69 Å². The standard InChI is InChI=1S/C18H18N4S2/c1-23-18-15(11-16(24-18)17(19)20)22-14-10-6-5-9-13(14)21-12-7-3-2-4-8-12/h2-11,21-22H,1H3,(H3,19,20). The number of hydrogen-bond donors (Lipinski definition) is 4. The summed E-state index contributed by atoms with van der Waals surface area (Å²) in [6, 6.07) is 20.0. The van der Waals surface area contributed by atoms with Gasteiger partial charge in [0.1, 0.15) is 5.84 Å². The molecule has 0 aliphatic rings. The number of nitrogens with two attached hydrogens (primary N) is 1. The average molecular weight is 355 g/mol. The first-order chi connectivity index (χ1) is 11.7. The van der Waals surface area contributed by atoms with Gasteiger partial charge in [-0.2, -0.15) is 0 Å². The second kappa shape index (κ2) is 7.42. The van der Waals surface area contributed by atoms with Gasteiger partial charge in [-0.05, 0) is 36.6 Å². The molecule has 5 N–H and O–H groups in total. The van der Waals surface area contributed by atoms with E-state index in [0.29, 0.717) is 0 Å². The first-order valence-electron chi connectivity index (χ1n) is 7.37. The van der Waals surface area contributed by atoms with Gasteiger partial charge in [0.25, 0.3) is 0 Å². The summed E-state index contributed by atoms with van der Waals surface area (Å²) in [5, 5.41) is 14.5. The van der Waals surface area contributed by atoms with E-state index in [4.69, 9.17) is 11.1 Å². The summed E-state index contributed by atoms with van der Waals surface area (Å²) in [5.41, 5.74) is 9.59. The lowest BCUT2D eigenvalue weighted by Crippen LogP contribution is -2.08. The van der Waals surface area contributed by atoms with Gasteiger partial charge >= 0.3 is 0 Å². The minimum Gasteiger partial charge on any atom is -0.383 e. The Balaban J connectivity index is 1.89. The number of rotatable bonds is 6. The third kappa shape index (κ3) is 3.72. The smallest absolute Gasteiger partial charge is 0.133 e. The van der Waals surface area contributed by atoms with Gasteiger partial charge in [-0.15, -0.1) is 23.1 Å². The van der Waals surface area contributed by atoms with Crippen LogP contribution >= 0.6 is 23.1 Å². The van der Waals surface area contributed by atoms with Gasteiger partial charge in [-0.25, -0.2) is 0 Å². The van der Waals surface area contributed by atoms with Gasteiger partial charge in [0.05, 0.1) is 26.1 Å². The molecule has 0 bridgehead atoms. The van der Waals surface area contributed by atoms with Crippen molar-refractivity contribution < 1.29 is 0 Å². The first kappa shape index (κ1) is 16.4. The van der Waals surface area contributed by atoms with Crippen molar-refractivity contribution in [2.75, 3.05) is 16.9 Å². The van der Waals surface area contributed by atoms with Crippen molar-refractivity contribution in [3.8, 4) is 0 Å². The molecule has 1 heterocycles. The number of thiophene rings is 1. The fraction of sp³-hybridized carbons (Fsp3) is 0.0556. The van der Waals surface area contributed by atoms with Crippen LogP contribution in [0.3, 0.4) is 0 Å². The van der Waals surface area contributed by atoms with Crippen molar-refractivity contribution in [2.24, 2.45) is 5.73 Å². The monoisotopic (exact) mass is 354 g/mol. The predicted molar refractivity (Wildman–Crippen MR) is 107 cm³/mol. The zero-order chi connectivity index (χ0) is 16.9. The summed E-state index contributed by atoms with van der Waals surface area (Å²) in [4.78, 5) is 0.773. The molecule has 6 heteroatoms. The molecule has 0 saturated heterocycles. The number of thioether (sulfide) groups is 1. The Labute approximate surface area is 149 Å². The van der Waals surface area contributed by atoms with Crippen LogP contribution in [-0.4, -0.2) is 12.1 Å². The maximum Gasteiger partial charge on any atom is 0.133 e. The molecule has 1 aromatic heterocycles. The van der Waals surface area contributed by atoms with E-state index in [0.717, 1.165) is 31.8 Å². The highest BCUT2D eigenvalue weighted by Gasteiger charge is 2.12. The predicted octanol–water partition coefficient (Wildman–Crippen LogP) is 5.24. The number of benzene rings is 2.